The van der Waals surface area contributed by atoms with Crippen LogP contribution in [0.4, 0.5) is 4.39 Å². The fraction of sp³-hybridized carbons (Fsp3) is 0.458. The van der Waals surface area contributed by atoms with Crippen molar-refractivity contribution in [3.05, 3.63) is 59.9 Å². The van der Waals surface area contributed by atoms with Gasteiger partial charge in [-0.15, -0.1) is 0 Å². The van der Waals surface area contributed by atoms with Gasteiger partial charge in [0.1, 0.15) is 18.5 Å². The van der Waals surface area contributed by atoms with Gasteiger partial charge in [0.15, 0.2) is 17.5 Å². The molecule has 1 saturated heterocycles. The fourth-order valence-electron chi connectivity index (χ4n) is 4.05. The number of rotatable bonds is 6. The molecule has 0 aliphatic carbocycles. The van der Waals surface area contributed by atoms with Crippen LogP contribution in [0.3, 0.4) is 0 Å². The number of aliphatic imine (C=N–C) groups is 1. The highest BCUT2D eigenvalue weighted by atomic mass is 19.1. The molecule has 1 fully saturated rings. The average molecular weight is 428 g/mol. The van der Waals surface area contributed by atoms with E-state index >= 15 is 0 Å². The van der Waals surface area contributed by atoms with E-state index in [0.29, 0.717) is 32.9 Å². The van der Waals surface area contributed by atoms with Crippen molar-refractivity contribution >= 4 is 5.96 Å². The highest BCUT2D eigenvalue weighted by Gasteiger charge is 2.34. The van der Waals surface area contributed by atoms with E-state index < -0.39 is 0 Å². The molecule has 0 amide bonds. The van der Waals surface area contributed by atoms with Gasteiger partial charge in [-0.05, 0) is 49.6 Å². The topological polar surface area (TPSA) is 64.1 Å². The van der Waals surface area contributed by atoms with Crippen LogP contribution < -0.4 is 20.1 Å². The van der Waals surface area contributed by atoms with Crippen molar-refractivity contribution in [2.75, 3.05) is 39.5 Å². The van der Waals surface area contributed by atoms with Gasteiger partial charge in [-0.2, -0.15) is 0 Å². The van der Waals surface area contributed by atoms with Crippen molar-refractivity contribution in [3.63, 3.8) is 0 Å². The van der Waals surface area contributed by atoms with Crippen molar-refractivity contribution in [1.29, 1.82) is 0 Å². The van der Waals surface area contributed by atoms with Gasteiger partial charge in [-0.1, -0.05) is 24.3 Å². The second-order valence-electron chi connectivity index (χ2n) is 7.97. The third kappa shape index (κ3) is 5.28. The molecule has 0 aromatic heterocycles. The summed E-state index contributed by atoms with van der Waals surface area (Å²) in [7, 11) is 0. The molecule has 0 spiro atoms. The number of para-hydroxylation sites is 2. The summed E-state index contributed by atoms with van der Waals surface area (Å²) in [4.78, 5) is 4.89. The SMILES string of the molecule is CCNC(=NCC1(c2ccc(F)cc2)CCOCC1)NCC1COc2ccccc2O1. The van der Waals surface area contributed by atoms with E-state index in [4.69, 9.17) is 19.2 Å². The largest absolute Gasteiger partial charge is 0.486 e. The summed E-state index contributed by atoms with van der Waals surface area (Å²) >= 11 is 0. The lowest BCUT2D eigenvalue weighted by Crippen LogP contribution is -2.46. The third-order valence-electron chi connectivity index (χ3n) is 5.86. The molecule has 2 aromatic rings. The minimum atomic E-state index is -0.222. The minimum absolute atomic E-state index is 0.104. The molecule has 2 aliphatic heterocycles. The summed E-state index contributed by atoms with van der Waals surface area (Å²) < 4.78 is 30.9. The van der Waals surface area contributed by atoms with Gasteiger partial charge in [0.05, 0.1) is 13.1 Å². The molecule has 0 saturated carbocycles. The highest BCUT2D eigenvalue weighted by Crippen LogP contribution is 2.35. The molecule has 2 aromatic carbocycles. The zero-order valence-corrected chi connectivity index (χ0v) is 17.9. The first-order valence-corrected chi connectivity index (χ1v) is 10.9. The van der Waals surface area contributed by atoms with Crippen LogP contribution in [0.25, 0.3) is 0 Å². The molecule has 2 heterocycles. The molecule has 7 heteroatoms. The summed E-state index contributed by atoms with van der Waals surface area (Å²) in [5.41, 5.74) is 0.954. The molecule has 6 nitrogen and oxygen atoms in total. The Balaban J connectivity index is 1.43. The highest BCUT2D eigenvalue weighted by molar-refractivity contribution is 5.79. The number of hydrogen-bond donors (Lipinski definition) is 2. The van der Waals surface area contributed by atoms with Crippen molar-refractivity contribution in [2.45, 2.75) is 31.3 Å². The molecule has 166 valence electrons. The second-order valence-corrected chi connectivity index (χ2v) is 7.97. The van der Waals surface area contributed by atoms with Gasteiger partial charge in [-0.25, -0.2) is 4.39 Å². The molecule has 1 atom stereocenters. The number of halogens is 1. The molecule has 2 aliphatic rings. The van der Waals surface area contributed by atoms with Crippen molar-refractivity contribution in [3.8, 4) is 11.5 Å². The maximum absolute atomic E-state index is 13.5. The van der Waals surface area contributed by atoms with Crippen LogP contribution >= 0.6 is 0 Å². The fourth-order valence-corrected chi connectivity index (χ4v) is 4.05. The maximum atomic E-state index is 13.5. The lowest BCUT2D eigenvalue weighted by atomic mass is 9.74. The average Bonchev–Trinajstić information content (AvgIpc) is 2.82. The van der Waals surface area contributed by atoms with E-state index in [1.165, 1.54) is 12.1 Å². The van der Waals surface area contributed by atoms with E-state index in [-0.39, 0.29) is 17.3 Å². The lowest BCUT2D eigenvalue weighted by Gasteiger charge is -2.36. The zero-order valence-electron chi connectivity index (χ0n) is 17.9. The lowest BCUT2D eigenvalue weighted by molar-refractivity contribution is 0.0530. The van der Waals surface area contributed by atoms with Crippen molar-refractivity contribution in [1.82, 2.24) is 10.6 Å². The molecule has 2 N–H and O–H groups in total. The van der Waals surface area contributed by atoms with Crippen molar-refractivity contribution < 1.29 is 18.6 Å². The normalized spacial score (nSPS) is 20.2. The Labute approximate surface area is 182 Å². The zero-order chi connectivity index (χ0) is 21.5. The molecule has 0 radical (unpaired) electrons. The Morgan fingerprint density at radius 2 is 1.81 bits per heavy atom. The number of nitrogens with zero attached hydrogens (tertiary/aromatic N) is 1. The second kappa shape index (κ2) is 10.0. The monoisotopic (exact) mass is 427 g/mol. The maximum Gasteiger partial charge on any atom is 0.191 e. The Hall–Kier alpha value is -2.80. The van der Waals surface area contributed by atoms with Crippen LogP contribution in [-0.2, 0) is 10.2 Å². The van der Waals surface area contributed by atoms with Crippen LogP contribution in [0, 0.1) is 5.82 Å². The van der Waals surface area contributed by atoms with Crippen LogP contribution in [0.2, 0.25) is 0 Å². The molecular weight excluding hydrogens is 397 g/mol. The van der Waals surface area contributed by atoms with Crippen LogP contribution in [0.15, 0.2) is 53.5 Å². The number of hydrogen-bond acceptors (Lipinski definition) is 4. The van der Waals surface area contributed by atoms with E-state index in [1.54, 1.807) is 0 Å². The number of nitrogens with one attached hydrogen (secondary N) is 2. The third-order valence-corrected chi connectivity index (χ3v) is 5.86. The van der Waals surface area contributed by atoms with Crippen LogP contribution in [0.5, 0.6) is 11.5 Å². The molecule has 4 rings (SSSR count). The summed E-state index contributed by atoms with van der Waals surface area (Å²) in [6.07, 6.45) is 1.61. The van der Waals surface area contributed by atoms with E-state index in [0.717, 1.165) is 42.4 Å². The number of guanidine groups is 1. The Bertz CT molecular complexity index is 882. The summed E-state index contributed by atoms with van der Waals surface area (Å²) in [5.74, 6) is 2.05. The van der Waals surface area contributed by atoms with Gasteiger partial charge < -0.3 is 24.8 Å². The van der Waals surface area contributed by atoms with Crippen LogP contribution in [0.1, 0.15) is 25.3 Å². The van der Waals surface area contributed by atoms with Gasteiger partial charge in [0.25, 0.3) is 0 Å². The Morgan fingerprint density at radius 1 is 1.06 bits per heavy atom. The van der Waals surface area contributed by atoms with Gasteiger partial charge >= 0.3 is 0 Å². The smallest absolute Gasteiger partial charge is 0.191 e. The first kappa shape index (κ1) is 21.4. The van der Waals surface area contributed by atoms with Gasteiger partial charge in [0, 0.05) is 25.2 Å². The van der Waals surface area contributed by atoms with E-state index in [9.17, 15) is 4.39 Å². The number of benzene rings is 2. The first-order valence-electron chi connectivity index (χ1n) is 10.9. The first-order chi connectivity index (χ1) is 15.2. The molecule has 1 unspecified atom stereocenters. The standard InChI is InChI=1S/C24H30FN3O3/c1-2-26-23(27-15-20-16-30-21-5-3-4-6-22(21)31-20)28-17-24(11-13-29-14-12-24)18-7-9-19(25)10-8-18/h3-10,20H,2,11-17H2,1H3,(H2,26,27,28). The van der Waals surface area contributed by atoms with E-state index in [1.807, 2.05) is 43.3 Å². The van der Waals surface area contributed by atoms with E-state index in [2.05, 4.69) is 10.6 Å². The number of fused-ring (bicyclic) bond motifs is 1. The predicted molar refractivity (Wildman–Crippen MR) is 118 cm³/mol. The molecule has 0 bridgehead atoms. The van der Waals surface area contributed by atoms with Crippen LogP contribution in [-0.4, -0.2) is 51.5 Å². The summed E-state index contributed by atoms with van der Waals surface area (Å²) in [5, 5.41) is 6.69. The number of ether oxygens (including phenoxy) is 3. The predicted octanol–water partition coefficient (Wildman–Crippen LogP) is 3.27. The quantitative estimate of drug-likeness (QED) is 0.547. The minimum Gasteiger partial charge on any atom is -0.486 e. The molecular formula is C24H30FN3O3. The summed E-state index contributed by atoms with van der Waals surface area (Å²) in [6.45, 7) is 5.82. The Kier molecular flexibility index (Phi) is 6.92. The van der Waals surface area contributed by atoms with Gasteiger partial charge in [0.2, 0.25) is 0 Å². The van der Waals surface area contributed by atoms with Crippen molar-refractivity contribution in [2.24, 2.45) is 4.99 Å². The molecule has 31 heavy (non-hydrogen) atoms. The summed E-state index contributed by atoms with van der Waals surface area (Å²) in [6, 6.07) is 14.5. The Morgan fingerprint density at radius 3 is 2.55 bits per heavy atom. The van der Waals surface area contributed by atoms with Gasteiger partial charge in [-0.3, -0.25) is 4.99 Å².